The SMILES string of the molecule is Cc1cc(Br)cc(Br)c1OCC(=O)NNC(=S)NC(=O)c1ccc(C(C)(C)C)cc1. The van der Waals surface area contributed by atoms with E-state index in [-0.39, 0.29) is 23.0 Å². The van der Waals surface area contributed by atoms with Crippen LogP contribution in [0, 0.1) is 6.92 Å². The van der Waals surface area contributed by atoms with E-state index in [0.29, 0.717) is 11.3 Å². The summed E-state index contributed by atoms with van der Waals surface area (Å²) in [6, 6.07) is 11.0. The van der Waals surface area contributed by atoms with Gasteiger partial charge in [0.05, 0.1) is 4.47 Å². The molecule has 2 aromatic carbocycles. The third-order valence-corrected chi connectivity index (χ3v) is 5.35. The molecular weight excluding hydrogens is 534 g/mol. The van der Waals surface area contributed by atoms with Gasteiger partial charge in [0.25, 0.3) is 11.8 Å². The lowest BCUT2D eigenvalue weighted by atomic mass is 9.87. The van der Waals surface area contributed by atoms with Crippen molar-refractivity contribution in [1.82, 2.24) is 16.2 Å². The largest absolute Gasteiger partial charge is 0.482 e. The van der Waals surface area contributed by atoms with Gasteiger partial charge in [-0.05, 0) is 75.9 Å². The zero-order valence-corrected chi connectivity index (χ0v) is 21.0. The molecule has 0 aliphatic heterocycles. The van der Waals surface area contributed by atoms with Gasteiger partial charge in [-0.1, -0.05) is 48.8 Å². The number of carbonyl (C=O) groups excluding carboxylic acids is 2. The number of ether oxygens (including phenoxy) is 1. The summed E-state index contributed by atoms with van der Waals surface area (Å²) < 4.78 is 7.19. The molecule has 0 atom stereocenters. The Morgan fingerprint density at radius 2 is 1.70 bits per heavy atom. The number of amides is 2. The molecule has 0 bridgehead atoms. The maximum Gasteiger partial charge on any atom is 0.276 e. The second-order valence-electron chi connectivity index (χ2n) is 7.61. The first-order chi connectivity index (χ1) is 14.0. The van der Waals surface area contributed by atoms with Gasteiger partial charge in [-0.3, -0.25) is 25.8 Å². The molecule has 0 saturated carbocycles. The van der Waals surface area contributed by atoms with Crippen molar-refractivity contribution in [2.75, 3.05) is 6.61 Å². The van der Waals surface area contributed by atoms with Crippen LogP contribution in [0.15, 0.2) is 45.3 Å². The van der Waals surface area contributed by atoms with E-state index in [1.54, 1.807) is 12.1 Å². The van der Waals surface area contributed by atoms with Gasteiger partial charge in [-0.15, -0.1) is 0 Å². The molecule has 160 valence electrons. The van der Waals surface area contributed by atoms with Crippen LogP contribution < -0.4 is 20.9 Å². The summed E-state index contributed by atoms with van der Waals surface area (Å²) in [4.78, 5) is 24.3. The van der Waals surface area contributed by atoms with Crippen LogP contribution in [0.1, 0.15) is 42.3 Å². The van der Waals surface area contributed by atoms with Gasteiger partial charge in [0.15, 0.2) is 11.7 Å². The smallest absolute Gasteiger partial charge is 0.276 e. The zero-order valence-electron chi connectivity index (χ0n) is 17.1. The normalized spacial score (nSPS) is 10.9. The predicted molar refractivity (Wildman–Crippen MR) is 129 cm³/mol. The first-order valence-electron chi connectivity index (χ1n) is 9.06. The number of thiocarbonyl (C=S) groups is 1. The number of benzene rings is 2. The highest BCUT2D eigenvalue weighted by Gasteiger charge is 2.15. The molecular formula is C21H23Br2N3O3S. The van der Waals surface area contributed by atoms with Crippen molar-refractivity contribution in [3.63, 3.8) is 0 Å². The lowest BCUT2D eigenvalue weighted by Gasteiger charge is -2.19. The van der Waals surface area contributed by atoms with E-state index in [1.807, 2.05) is 31.2 Å². The molecule has 2 amide bonds. The Morgan fingerprint density at radius 1 is 1.07 bits per heavy atom. The minimum Gasteiger partial charge on any atom is -0.482 e. The highest BCUT2D eigenvalue weighted by molar-refractivity contribution is 9.11. The molecule has 0 aliphatic rings. The molecule has 2 aromatic rings. The number of hydrogen-bond acceptors (Lipinski definition) is 4. The van der Waals surface area contributed by atoms with Crippen LogP contribution >= 0.6 is 44.1 Å². The summed E-state index contributed by atoms with van der Waals surface area (Å²) in [5.41, 5.74) is 7.36. The second-order valence-corrected chi connectivity index (χ2v) is 9.78. The van der Waals surface area contributed by atoms with Crippen molar-refractivity contribution in [3.05, 3.63) is 62.0 Å². The highest BCUT2D eigenvalue weighted by atomic mass is 79.9. The standard InChI is InChI=1S/C21H23Br2N3O3S/c1-12-9-15(22)10-16(23)18(12)29-11-17(27)25-26-20(30)24-19(28)13-5-7-14(8-6-13)21(2,3)4/h5-10H,11H2,1-4H3,(H,25,27)(H2,24,26,28,30). The van der Waals surface area contributed by atoms with Gasteiger partial charge in [0, 0.05) is 10.0 Å². The van der Waals surface area contributed by atoms with Crippen LogP contribution in [0.4, 0.5) is 0 Å². The molecule has 0 aliphatic carbocycles. The Morgan fingerprint density at radius 3 is 2.27 bits per heavy atom. The van der Waals surface area contributed by atoms with Crippen molar-refractivity contribution in [1.29, 1.82) is 0 Å². The van der Waals surface area contributed by atoms with Crippen molar-refractivity contribution >= 4 is 61.0 Å². The van der Waals surface area contributed by atoms with E-state index in [1.165, 1.54) is 0 Å². The van der Waals surface area contributed by atoms with Crippen LogP contribution in [0.3, 0.4) is 0 Å². The topological polar surface area (TPSA) is 79.5 Å². The van der Waals surface area contributed by atoms with Crippen LogP contribution in [0.5, 0.6) is 5.75 Å². The Hall–Kier alpha value is -1.97. The van der Waals surface area contributed by atoms with Crippen LogP contribution in [0.2, 0.25) is 0 Å². The molecule has 0 aromatic heterocycles. The molecule has 0 fully saturated rings. The average molecular weight is 557 g/mol. The Labute approximate surface area is 198 Å². The van der Waals surface area contributed by atoms with E-state index < -0.39 is 5.91 Å². The number of nitrogens with one attached hydrogen (secondary N) is 3. The van der Waals surface area contributed by atoms with E-state index >= 15 is 0 Å². The van der Waals surface area contributed by atoms with E-state index in [2.05, 4.69) is 68.8 Å². The summed E-state index contributed by atoms with van der Waals surface area (Å²) in [5, 5.41) is 2.50. The third kappa shape index (κ3) is 7.07. The van der Waals surface area contributed by atoms with Crippen molar-refractivity contribution < 1.29 is 14.3 Å². The monoisotopic (exact) mass is 555 g/mol. The fraction of sp³-hybridized carbons (Fsp3) is 0.286. The molecule has 30 heavy (non-hydrogen) atoms. The van der Waals surface area contributed by atoms with Gasteiger partial charge in [0.2, 0.25) is 0 Å². The predicted octanol–water partition coefficient (Wildman–Crippen LogP) is 4.53. The number of hydrogen-bond donors (Lipinski definition) is 3. The maximum atomic E-state index is 12.3. The van der Waals surface area contributed by atoms with Gasteiger partial charge in [0.1, 0.15) is 5.75 Å². The molecule has 0 spiro atoms. The fourth-order valence-corrected chi connectivity index (χ4v) is 4.20. The summed E-state index contributed by atoms with van der Waals surface area (Å²) in [6.45, 7) is 7.96. The van der Waals surface area contributed by atoms with Gasteiger partial charge >= 0.3 is 0 Å². The van der Waals surface area contributed by atoms with E-state index in [0.717, 1.165) is 20.1 Å². The van der Waals surface area contributed by atoms with E-state index in [4.69, 9.17) is 17.0 Å². The maximum absolute atomic E-state index is 12.3. The lowest BCUT2D eigenvalue weighted by Crippen LogP contribution is -2.49. The number of carbonyl (C=O) groups is 2. The van der Waals surface area contributed by atoms with Crippen LogP contribution in [0.25, 0.3) is 0 Å². The molecule has 9 heteroatoms. The molecule has 2 rings (SSSR count). The van der Waals surface area contributed by atoms with E-state index in [9.17, 15) is 9.59 Å². The average Bonchev–Trinajstić information content (AvgIpc) is 2.65. The van der Waals surface area contributed by atoms with Crippen molar-refractivity contribution in [2.24, 2.45) is 0 Å². The molecule has 0 unspecified atom stereocenters. The Kier molecular flexibility index (Phi) is 8.40. The quantitative estimate of drug-likeness (QED) is 0.381. The van der Waals surface area contributed by atoms with Crippen molar-refractivity contribution in [3.8, 4) is 5.75 Å². The summed E-state index contributed by atoms with van der Waals surface area (Å²) in [7, 11) is 0. The van der Waals surface area contributed by atoms with Crippen LogP contribution in [-0.2, 0) is 10.2 Å². The van der Waals surface area contributed by atoms with Gasteiger partial charge in [-0.25, -0.2) is 0 Å². The third-order valence-electron chi connectivity index (χ3n) is 4.10. The molecule has 0 saturated heterocycles. The van der Waals surface area contributed by atoms with Crippen molar-refractivity contribution in [2.45, 2.75) is 33.1 Å². The molecule has 6 nitrogen and oxygen atoms in total. The number of halogens is 2. The summed E-state index contributed by atoms with van der Waals surface area (Å²) in [6.07, 6.45) is 0. The molecule has 0 radical (unpaired) electrons. The Bertz CT molecular complexity index is 934. The summed E-state index contributed by atoms with van der Waals surface area (Å²) in [5.74, 6) is -0.244. The van der Waals surface area contributed by atoms with Crippen LogP contribution in [-0.4, -0.2) is 23.5 Å². The summed E-state index contributed by atoms with van der Waals surface area (Å²) >= 11 is 11.9. The molecule has 3 N–H and O–H groups in total. The van der Waals surface area contributed by atoms with Gasteiger partial charge < -0.3 is 4.74 Å². The fourth-order valence-electron chi connectivity index (χ4n) is 2.50. The Balaban J connectivity index is 1.81. The lowest BCUT2D eigenvalue weighted by molar-refractivity contribution is -0.123. The first kappa shape index (κ1) is 24.3. The molecule has 0 heterocycles. The first-order valence-corrected chi connectivity index (χ1v) is 11.1. The van der Waals surface area contributed by atoms with Gasteiger partial charge in [-0.2, -0.15) is 0 Å². The number of hydrazine groups is 1. The second kappa shape index (κ2) is 10.4. The zero-order chi connectivity index (χ0) is 22.5. The number of aryl methyl sites for hydroxylation is 1. The highest BCUT2D eigenvalue weighted by Crippen LogP contribution is 2.32. The number of rotatable bonds is 4. The minimum atomic E-state index is -0.449. The minimum absolute atomic E-state index is 0.00257.